The Kier molecular flexibility index (Phi) is 7.24. The van der Waals surface area contributed by atoms with Gasteiger partial charge >= 0.3 is 12.1 Å². The van der Waals surface area contributed by atoms with Crippen LogP contribution in [0.2, 0.25) is 0 Å². The van der Waals surface area contributed by atoms with Gasteiger partial charge in [-0.25, -0.2) is 9.18 Å². The minimum Gasteiger partial charge on any atom is -0.488 e. The Labute approximate surface area is 201 Å². The molecule has 0 atom stereocenters. The van der Waals surface area contributed by atoms with Gasteiger partial charge in [0.15, 0.2) is 0 Å². The van der Waals surface area contributed by atoms with E-state index >= 15 is 0 Å². The van der Waals surface area contributed by atoms with E-state index in [0.717, 1.165) is 23.3 Å². The van der Waals surface area contributed by atoms with Crippen molar-refractivity contribution in [2.24, 2.45) is 0 Å². The van der Waals surface area contributed by atoms with Gasteiger partial charge in [-0.1, -0.05) is 36.4 Å². The first-order chi connectivity index (χ1) is 16.8. The van der Waals surface area contributed by atoms with Crippen LogP contribution < -0.4 is 4.74 Å². The molecule has 0 heterocycles. The van der Waals surface area contributed by atoms with Gasteiger partial charge in [0.1, 0.15) is 18.2 Å². The Morgan fingerprint density at radius 2 is 1.69 bits per heavy atom. The first-order valence-corrected chi connectivity index (χ1v) is 11.4. The molecule has 0 radical (unpaired) electrons. The summed E-state index contributed by atoms with van der Waals surface area (Å²) in [6.45, 7) is 1.93. The second-order valence-electron chi connectivity index (χ2n) is 8.21. The third-order valence-corrected chi connectivity index (χ3v) is 5.90. The van der Waals surface area contributed by atoms with Crippen LogP contribution in [0.5, 0.6) is 5.75 Å². The molecule has 3 aromatic rings. The molecule has 0 bridgehead atoms. The molecule has 7 heteroatoms. The highest BCUT2D eigenvalue weighted by molar-refractivity contribution is 5.97. The van der Waals surface area contributed by atoms with E-state index in [1.807, 2.05) is 30.3 Å². The monoisotopic (exact) mass is 484 g/mol. The predicted molar refractivity (Wildman–Crippen MR) is 125 cm³/mol. The molecular weight excluding hydrogens is 460 g/mol. The second kappa shape index (κ2) is 10.3. The molecule has 1 aliphatic carbocycles. The quantitative estimate of drug-likeness (QED) is 0.255. The van der Waals surface area contributed by atoms with Crippen molar-refractivity contribution in [3.05, 3.63) is 100 Å². The third-order valence-electron chi connectivity index (χ3n) is 5.90. The van der Waals surface area contributed by atoms with E-state index in [1.165, 1.54) is 24.3 Å². The molecule has 182 valence electrons. The Bertz CT molecular complexity index is 1250. The zero-order valence-electron chi connectivity index (χ0n) is 19.1. The number of hydrogen-bond acceptors (Lipinski definition) is 3. The van der Waals surface area contributed by atoms with Gasteiger partial charge in [-0.2, -0.15) is 13.2 Å². The average Bonchev–Trinajstić information content (AvgIpc) is 3.33. The molecule has 1 aliphatic rings. The zero-order chi connectivity index (χ0) is 25.0. The standard InChI is InChI=1S/C28H24F4O3/c1-2-34-27(33)24-15-19(11-13-25(24)29)21-9-6-10-22(21)23-16-20(28(30,31)32)12-14-26(23)35-17-18-7-4-3-5-8-18/h3-5,7-8,11-16H,2,6,9-10,17H2,1H3. The summed E-state index contributed by atoms with van der Waals surface area (Å²) in [5.74, 6) is -1.15. The van der Waals surface area contributed by atoms with Gasteiger partial charge in [-0.3, -0.25) is 0 Å². The van der Waals surface area contributed by atoms with Gasteiger partial charge in [-0.15, -0.1) is 0 Å². The maximum absolute atomic E-state index is 14.3. The van der Waals surface area contributed by atoms with Crippen LogP contribution in [-0.4, -0.2) is 12.6 Å². The summed E-state index contributed by atoms with van der Waals surface area (Å²) in [4.78, 5) is 12.2. The lowest BCUT2D eigenvalue weighted by Crippen LogP contribution is -2.08. The number of hydrogen-bond donors (Lipinski definition) is 0. The minimum atomic E-state index is -4.51. The number of rotatable bonds is 7. The minimum absolute atomic E-state index is 0.1000. The van der Waals surface area contributed by atoms with E-state index < -0.39 is 23.5 Å². The topological polar surface area (TPSA) is 35.5 Å². The van der Waals surface area contributed by atoms with E-state index in [0.29, 0.717) is 41.7 Å². The number of benzene rings is 3. The fraction of sp³-hybridized carbons (Fsp3) is 0.250. The van der Waals surface area contributed by atoms with Gasteiger partial charge in [0.05, 0.1) is 17.7 Å². The lowest BCUT2D eigenvalue weighted by molar-refractivity contribution is -0.137. The summed E-state index contributed by atoms with van der Waals surface area (Å²) in [6, 6.07) is 16.9. The van der Waals surface area contributed by atoms with Gasteiger partial charge in [0.2, 0.25) is 0 Å². The van der Waals surface area contributed by atoms with Gasteiger partial charge in [0.25, 0.3) is 0 Å². The maximum Gasteiger partial charge on any atom is 0.416 e. The highest BCUT2D eigenvalue weighted by Crippen LogP contribution is 2.45. The smallest absolute Gasteiger partial charge is 0.416 e. The van der Waals surface area contributed by atoms with Crippen molar-refractivity contribution < 1.29 is 31.8 Å². The van der Waals surface area contributed by atoms with Crippen LogP contribution in [0.4, 0.5) is 17.6 Å². The lowest BCUT2D eigenvalue weighted by atomic mass is 9.94. The first-order valence-electron chi connectivity index (χ1n) is 11.4. The van der Waals surface area contributed by atoms with E-state index in [-0.39, 0.29) is 18.8 Å². The summed E-state index contributed by atoms with van der Waals surface area (Å²) in [5, 5.41) is 0. The van der Waals surface area contributed by atoms with Crippen LogP contribution in [0.15, 0.2) is 66.7 Å². The molecule has 4 rings (SSSR count). The van der Waals surface area contributed by atoms with Crippen molar-refractivity contribution in [2.45, 2.75) is 39.0 Å². The Morgan fingerprint density at radius 3 is 2.40 bits per heavy atom. The van der Waals surface area contributed by atoms with Crippen LogP contribution in [0.1, 0.15) is 58.8 Å². The molecule has 0 aliphatic heterocycles. The first kappa shape index (κ1) is 24.5. The summed E-state index contributed by atoms with van der Waals surface area (Å²) in [5.41, 5.74) is 2.30. The highest BCUT2D eigenvalue weighted by atomic mass is 19.4. The van der Waals surface area contributed by atoms with Crippen LogP contribution in [0.25, 0.3) is 11.1 Å². The molecule has 0 N–H and O–H groups in total. The molecule has 0 fully saturated rings. The largest absolute Gasteiger partial charge is 0.488 e. The predicted octanol–water partition coefficient (Wildman–Crippen LogP) is 7.69. The molecule has 0 unspecified atom stereocenters. The number of allylic oxidation sites excluding steroid dienone is 2. The van der Waals surface area contributed by atoms with Crippen LogP contribution in [0, 0.1) is 5.82 Å². The number of carbonyl (C=O) groups is 1. The highest BCUT2D eigenvalue weighted by Gasteiger charge is 2.32. The summed E-state index contributed by atoms with van der Waals surface area (Å²) in [7, 11) is 0. The molecule has 35 heavy (non-hydrogen) atoms. The van der Waals surface area contributed by atoms with Crippen molar-refractivity contribution in [1.29, 1.82) is 0 Å². The number of halogens is 4. The van der Waals surface area contributed by atoms with E-state index in [9.17, 15) is 22.4 Å². The van der Waals surface area contributed by atoms with Crippen LogP contribution >= 0.6 is 0 Å². The van der Waals surface area contributed by atoms with Crippen molar-refractivity contribution in [3.63, 3.8) is 0 Å². The molecule has 0 saturated heterocycles. The van der Waals surface area contributed by atoms with Crippen LogP contribution in [-0.2, 0) is 17.5 Å². The normalized spacial score (nSPS) is 13.7. The fourth-order valence-electron chi connectivity index (χ4n) is 4.24. The van der Waals surface area contributed by atoms with Gasteiger partial charge < -0.3 is 9.47 Å². The maximum atomic E-state index is 14.3. The van der Waals surface area contributed by atoms with Crippen molar-refractivity contribution in [2.75, 3.05) is 6.61 Å². The summed E-state index contributed by atoms with van der Waals surface area (Å²) in [6.07, 6.45) is -2.69. The zero-order valence-corrected chi connectivity index (χ0v) is 19.1. The fourth-order valence-corrected chi connectivity index (χ4v) is 4.24. The van der Waals surface area contributed by atoms with E-state index in [1.54, 1.807) is 6.92 Å². The Morgan fingerprint density at radius 1 is 0.943 bits per heavy atom. The van der Waals surface area contributed by atoms with Crippen molar-refractivity contribution in [3.8, 4) is 5.75 Å². The van der Waals surface area contributed by atoms with Crippen molar-refractivity contribution >= 4 is 17.1 Å². The lowest BCUT2D eigenvalue weighted by Gasteiger charge is -2.17. The number of alkyl halides is 3. The summed E-state index contributed by atoms with van der Waals surface area (Å²) >= 11 is 0. The van der Waals surface area contributed by atoms with Crippen molar-refractivity contribution in [1.82, 2.24) is 0 Å². The SMILES string of the molecule is CCOC(=O)c1cc(C2=C(c3cc(C(F)(F)F)ccc3OCc3ccccc3)CCC2)ccc1F. The molecule has 0 amide bonds. The number of esters is 1. The van der Waals surface area contributed by atoms with E-state index in [4.69, 9.17) is 9.47 Å². The second-order valence-corrected chi connectivity index (χ2v) is 8.21. The Balaban J connectivity index is 1.79. The Hall–Kier alpha value is -3.61. The van der Waals surface area contributed by atoms with Gasteiger partial charge in [-0.05, 0) is 78.8 Å². The van der Waals surface area contributed by atoms with Crippen LogP contribution in [0.3, 0.4) is 0 Å². The van der Waals surface area contributed by atoms with E-state index in [2.05, 4.69) is 0 Å². The summed E-state index contributed by atoms with van der Waals surface area (Å²) < 4.78 is 65.9. The van der Waals surface area contributed by atoms with Gasteiger partial charge in [0, 0.05) is 5.56 Å². The average molecular weight is 484 g/mol. The molecule has 0 saturated carbocycles. The molecule has 0 spiro atoms. The molecular formula is C28H24F4O3. The molecule has 3 aromatic carbocycles. The molecule has 3 nitrogen and oxygen atoms in total. The third kappa shape index (κ3) is 5.56. The number of ether oxygens (including phenoxy) is 2. The number of carbonyl (C=O) groups excluding carboxylic acids is 1. The molecule has 0 aromatic heterocycles.